The molecule has 1 rings (SSSR count). The number of carbonyl (C=O) groups excluding carboxylic acids is 1. The molecule has 0 fully saturated rings. The largest absolute Gasteiger partial charge is 0.385 e. The Morgan fingerprint density at radius 3 is 2.75 bits per heavy atom. The van der Waals surface area contributed by atoms with E-state index in [0.717, 1.165) is 19.3 Å². The van der Waals surface area contributed by atoms with Gasteiger partial charge in [0, 0.05) is 31.9 Å². The lowest BCUT2D eigenvalue weighted by Crippen LogP contribution is -2.12. The summed E-state index contributed by atoms with van der Waals surface area (Å²) in [7, 11) is 1.65. The molecule has 0 saturated heterocycles. The van der Waals surface area contributed by atoms with Crippen LogP contribution in [-0.4, -0.2) is 31.1 Å². The van der Waals surface area contributed by atoms with Crippen molar-refractivity contribution in [2.24, 2.45) is 5.73 Å². The summed E-state index contributed by atoms with van der Waals surface area (Å²) in [6.07, 6.45) is 2.77. The number of hydrogen-bond acceptors (Lipinski definition) is 5. The maximum Gasteiger partial charge on any atom is 0.292 e. The molecular weight excluding hydrogens is 262 g/mol. The predicted molar refractivity (Wildman–Crippen MR) is 75.8 cm³/mol. The van der Waals surface area contributed by atoms with Gasteiger partial charge in [-0.3, -0.25) is 14.9 Å². The molecule has 0 atom stereocenters. The van der Waals surface area contributed by atoms with E-state index in [0.29, 0.717) is 18.8 Å². The van der Waals surface area contributed by atoms with Gasteiger partial charge in [-0.15, -0.1) is 0 Å². The number of nitrogens with one attached hydrogen (secondary N) is 1. The Hall–Kier alpha value is -2.15. The van der Waals surface area contributed by atoms with Gasteiger partial charge in [0.15, 0.2) is 0 Å². The van der Waals surface area contributed by atoms with Crippen LogP contribution in [0.1, 0.15) is 29.6 Å². The lowest BCUT2D eigenvalue weighted by atomic mass is 10.1. The van der Waals surface area contributed by atoms with Crippen molar-refractivity contribution in [3.05, 3.63) is 33.9 Å². The Labute approximate surface area is 117 Å². The van der Waals surface area contributed by atoms with Gasteiger partial charge in [0.2, 0.25) is 5.91 Å². The average molecular weight is 281 g/mol. The smallest absolute Gasteiger partial charge is 0.292 e. The summed E-state index contributed by atoms with van der Waals surface area (Å²) in [4.78, 5) is 21.5. The molecule has 3 N–H and O–H groups in total. The van der Waals surface area contributed by atoms with Crippen molar-refractivity contribution in [1.82, 2.24) is 0 Å². The number of methoxy groups -OCH3 is 1. The number of primary amides is 1. The standard InChI is InChI=1S/C13H19N3O4/c1-20-8-4-2-3-7-15-11-9-10(13(14)17)5-6-12(11)16(18)19/h5-6,9,15H,2-4,7-8H2,1H3,(H2,14,17). The van der Waals surface area contributed by atoms with Crippen LogP contribution in [0.5, 0.6) is 0 Å². The van der Waals surface area contributed by atoms with Gasteiger partial charge in [-0.25, -0.2) is 0 Å². The molecule has 0 unspecified atom stereocenters. The second-order valence-corrected chi connectivity index (χ2v) is 4.33. The van der Waals surface area contributed by atoms with Gasteiger partial charge in [-0.05, 0) is 31.4 Å². The van der Waals surface area contributed by atoms with Crippen molar-refractivity contribution in [2.75, 3.05) is 25.6 Å². The van der Waals surface area contributed by atoms with Gasteiger partial charge >= 0.3 is 0 Å². The third-order valence-electron chi connectivity index (χ3n) is 2.82. The fourth-order valence-corrected chi connectivity index (χ4v) is 1.76. The molecule has 0 saturated carbocycles. The van der Waals surface area contributed by atoms with Gasteiger partial charge in [0.25, 0.3) is 5.69 Å². The highest BCUT2D eigenvalue weighted by molar-refractivity contribution is 5.94. The number of nitrogens with two attached hydrogens (primary N) is 1. The maximum atomic E-state index is 11.1. The molecule has 1 aromatic rings. The number of benzene rings is 1. The molecule has 0 radical (unpaired) electrons. The van der Waals surface area contributed by atoms with E-state index >= 15 is 0 Å². The Kier molecular flexibility index (Phi) is 6.45. The molecule has 0 bridgehead atoms. The molecule has 0 aliphatic heterocycles. The van der Waals surface area contributed by atoms with Crippen LogP contribution in [0.25, 0.3) is 0 Å². The number of nitro benzene ring substituents is 1. The first kappa shape index (κ1) is 15.9. The van der Waals surface area contributed by atoms with Crippen molar-refractivity contribution in [3.63, 3.8) is 0 Å². The topological polar surface area (TPSA) is 107 Å². The summed E-state index contributed by atoms with van der Waals surface area (Å²) in [5.74, 6) is -0.608. The predicted octanol–water partition coefficient (Wildman–Crippen LogP) is 1.92. The number of amides is 1. The minimum absolute atomic E-state index is 0.0631. The first-order chi connectivity index (χ1) is 9.56. The van der Waals surface area contributed by atoms with Crippen LogP contribution in [0.4, 0.5) is 11.4 Å². The summed E-state index contributed by atoms with van der Waals surface area (Å²) < 4.78 is 4.94. The third-order valence-corrected chi connectivity index (χ3v) is 2.82. The summed E-state index contributed by atoms with van der Waals surface area (Å²) in [6, 6.07) is 4.05. The van der Waals surface area contributed by atoms with E-state index in [2.05, 4.69) is 5.32 Å². The Morgan fingerprint density at radius 2 is 2.15 bits per heavy atom. The van der Waals surface area contributed by atoms with Gasteiger partial charge in [0.1, 0.15) is 5.69 Å². The molecular formula is C13H19N3O4. The van der Waals surface area contributed by atoms with Crippen molar-refractivity contribution in [1.29, 1.82) is 0 Å². The number of hydrogen-bond donors (Lipinski definition) is 2. The van der Waals surface area contributed by atoms with Gasteiger partial charge < -0.3 is 15.8 Å². The number of ether oxygens (including phenoxy) is 1. The zero-order valence-corrected chi connectivity index (χ0v) is 11.4. The summed E-state index contributed by atoms with van der Waals surface area (Å²) in [5.41, 5.74) is 5.67. The minimum atomic E-state index is -0.608. The number of rotatable bonds is 9. The monoisotopic (exact) mass is 281 g/mol. The highest BCUT2D eigenvalue weighted by Gasteiger charge is 2.15. The second-order valence-electron chi connectivity index (χ2n) is 4.33. The van der Waals surface area contributed by atoms with E-state index in [1.54, 1.807) is 7.11 Å². The summed E-state index contributed by atoms with van der Waals surface area (Å²) >= 11 is 0. The molecule has 0 aromatic heterocycles. The Morgan fingerprint density at radius 1 is 1.40 bits per heavy atom. The SMILES string of the molecule is COCCCCCNc1cc(C(N)=O)ccc1[N+](=O)[O-]. The van der Waals surface area contributed by atoms with Crippen LogP contribution >= 0.6 is 0 Å². The molecule has 7 nitrogen and oxygen atoms in total. The fraction of sp³-hybridized carbons (Fsp3) is 0.462. The van der Waals surface area contributed by atoms with Crippen LogP contribution in [0, 0.1) is 10.1 Å². The highest BCUT2D eigenvalue weighted by atomic mass is 16.6. The van der Waals surface area contributed by atoms with Gasteiger partial charge in [-0.1, -0.05) is 0 Å². The van der Waals surface area contributed by atoms with E-state index in [-0.39, 0.29) is 11.3 Å². The molecule has 20 heavy (non-hydrogen) atoms. The quantitative estimate of drug-likeness (QED) is 0.408. The molecule has 0 spiro atoms. The average Bonchev–Trinajstić information content (AvgIpc) is 2.42. The molecule has 1 amide bonds. The third kappa shape index (κ3) is 4.85. The van der Waals surface area contributed by atoms with Crippen molar-refractivity contribution in [2.45, 2.75) is 19.3 Å². The van der Waals surface area contributed by atoms with Crippen LogP contribution < -0.4 is 11.1 Å². The fourth-order valence-electron chi connectivity index (χ4n) is 1.76. The molecule has 0 aliphatic carbocycles. The normalized spacial score (nSPS) is 10.2. The lowest BCUT2D eigenvalue weighted by molar-refractivity contribution is -0.384. The van der Waals surface area contributed by atoms with E-state index in [1.807, 2.05) is 0 Å². The second kappa shape index (κ2) is 8.11. The molecule has 110 valence electrons. The Bertz CT molecular complexity index is 477. The van der Waals surface area contributed by atoms with Gasteiger partial charge in [0.05, 0.1) is 4.92 Å². The molecule has 0 aliphatic rings. The maximum absolute atomic E-state index is 11.1. The minimum Gasteiger partial charge on any atom is -0.385 e. The summed E-state index contributed by atoms with van der Waals surface area (Å²) in [6.45, 7) is 1.30. The van der Waals surface area contributed by atoms with E-state index < -0.39 is 10.8 Å². The van der Waals surface area contributed by atoms with Crippen molar-refractivity contribution < 1.29 is 14.5 Å². The van der Waals surface area contributed by atoms with Gasteiger partial charge in [-0.2, -0.15) is 0 Å². The summed E-state index contributed by atoms with van der Waals surface area (Å²) in [5, 5.41) is 13.9. The van der Waals surface area contributed by atoms with Crippen LogP contribution in [0.2, 0.25) is 0 Å². The van der Waals surface area contributed by atoms with Crippen LogP contribution in [-0.2, 0) is 4.74 Å². The van der Waals surface area contributed by atoms with E-state index in [9.17, 15) is 14.9 Å². The van der Waals surface area contributed by atoms with Crippen LogP contribution in [0.3, 0.4) is 0 Å². The molecule has 1 aromatic carbocycles. The Balaban J connectivity index is 2.63. The molecule has 7 heteroatoms. The lowest BCUT2D eigenvalue weighted by Gasteiger charge is -2.08. The zero-order valence-electron chi connectivity index (χ0n) is 11.4. The number of unbranched alkanes of at least 4 members (excludes halogenated alkanes) is 2. The number of nitrogens with zero attached hydrogens (tertiary/aromatic N) is 1. The first-order valence-electron chi connectivity index (χ1n) is 6.37. The van der Waals surface area contributed by atoms with Crippen molar-refractivity contribution in [3.8, 4) is 0 Å². The first-order valence-corrected chi connectivity index (χ1v) is 6.37. The van der Waals surface area contributed by atoms with Crippen molar-refractivity contribution >= 4 is 17.3 Å². The number of nitro groups is 1. The number of anilines is 1. The van der Waals surface area contributed by atoms with E-state index in [1.165, 1.54) is 18.2 Å². The highest BCUT2D eigenvalue weighted by Crippen LogP contribution is 2.25. The number of carbonyl (C=O) groups is 1. The van der Waals surface area contributed by atoms with E-state index in [4.69, 9.17) is 10.5 Å². The van der Waals surface area contributed by atoms with Crippen LogP contribution in [0.15, 0.2) is 18.2 Å². The zero-order chi connectivity index (χ0) is 15.0. The molecule has 0 heterocycles.